The molecule has 1 aliphatic carbocycles. The third kappa shape index (κ3) is 3.16. The quantitative estimate of drug-likeness (QED) is 0.868. The average molecular weight is 348 g/mol. The van der Waals surface area contributed by atoms with Crippen molar-refractivity contribution in [3.05, 3.63) is 69.9 Å². The van der Waals surface area contributed by atoms with Gasteiger partial charge in [0, 0.05) is 4.47 Å². The first-order valence-electron chi connectivity index (χ1n) is 6.96. The molecule has 0 spiro atoms. The number of hydrogen-bond donors (Lipinski definition) is 1. The molecule has 0 bridgehead atoms. The highest BCUT2D eigenvalue weighted by atomic mass is 79.9. The van der Waals surface area contributed by atoms with Crippen LogP contribution in [-0.4, -0.2) is 5.91 Å². The van der Waals surface area contributed by atoms with Gasteiger partial charge in [0.1, 0.15) is 5.82 Å². The summed E-state index contributed by atoms with van der Waals surface area (Å²) in [4.78, 5) is 12.4. The summed E-state index contributed by atoms with van der Waals surface area (Å²) in [5.74, 6) is -0.438. The van der Waals surface area contributed by atoms with Crippen LogP contribution in [0.25, 0.3) is 0 Å². The highest BCUT2D eigenvalue weighted by molar-refractivity contribution is 9.10. The van der Waals surface area contributed by atoms with Gasteiger partial charge in [-0.05, 0) is 52.4 Å². The Hall–Kier alpha value is -1.68. The molecule has 108 valence electrons. The maximum absolute atomic E-state index is 13.9. The van der Waals surface area contributed by atoms with Crippen LogP contribution in [0.5, 0.6) is 0 Å². The van der Waals surface area contributed by atoms with E-state index in [0.29, 0.717) is 10.4 Å². The molecule has 1 amide bonds. The number of carbonyl (C=O) groups excluding carboxylic acids is 1. The molecule has 3 rings (SSSR count). The fourth-order valence-electron chi connectivity index (χ4n) is 2.49. The summed E-state index contributed by atoms with van der Waals surface area (Å²) in [5.41, 5.74) is 1.14. The molecule has 21 heavy (non-hydrogen) atoms. The van der Waals surface area contributed by atoms with Crippen molar-refractivity contribution in [1.82, 2.24) is 5.32 Å². The largest absolute Gasteiger partial charge is 0.345 e. The SMILES string of the molecule is O=C(NC(c1ccccc1)C1CC1)c1c(F)cccc1Br. The van der Waals surface area contributed by atoms with Crippen molar-refractivity contribution >= 4 is 21.8 Å². The van der Waals surface area contributed by atoms with E-state index in [1.54, 1.807) is 12.1 Å². The van der Waals surface area contributed by atoms with E-state index < -0.39 is 5.82 Å². The lowest BCUT2D eigenvalue weighted by Crippen LogP contribution is -2.30. The molecule has 0 aliphatic heterocycles. The van der Waals surface area contributed by atoms with Crippen molar-refractivity contribution < 1.29 is 9.18 Å². The molecule has 1 fully saturated rings. The Kier molecular flexibility index (Phi) is 4.06. The van der Waals surface area contributed by atoms with Gasteiger partial charge in [-0.1, -0.05) is 36.4 Å². The van der Waals surface area contributed by atoms with E-state index in [2.05, 4.69) is 21.2 Å². The molecular weight excluding hydrogens is 333 g/mol. The minimum absolute atomic E-state index is 0.0507. The summed E-state index contributed by atoms with van der Waals surface area (Å²) in [6, 6.07) is 14.4. The smallest absolute Gasteiger partial charge is 0.255 e. The summed E-state index contributed by atoms with van der Waals surface area (Å²) in [6.45, 7) is 0. The predicted octanol–water partition coefficient (Wildman–Crippen LogP) is 4.47. The van der Waals surface area contributed by atoms with Gasteiger partial charge >= 0.3 is 0 Å². The number of hydrogen-bond acceptors (Lipinski definition) is 1. The van der Waals surface area contributed by atoms with E-state index in [1.165, 1.54) is 6.07 Å². The molecule has 1 aliphatic rings. The third-order valence-electron chi connectivity index (χ3n) is 3.73. The van der Waals surface area contributed by atoms with E-state index >= 15 is 0 Å². The van der Waals surface area contributed by atoms with Crippen molar-refractivity contribution in [1.29, 1.82) is 0 Å². The summed E-state index contributed by atoms with van der Waals surface area (Å²) in [5, 5.41) is 2.98. The molecule has 1 atom stereocenters. The van der Waals surface area contributed by atoms with E-state index in [1.807, 2.05) is 30.3 Å². The molecule has 2 aromatic rings. The highest BCUT2D eigenvalue weighted by Gasteiger charge is 2.34. The first-order valence-corrected chi connectivity index (χ1v) is 7.76. The average Bonchev–Trinajstić information content (AvgIpc) is 3.30. The zero-order valence-corrected chi connectivity index (χ0v) is 12.9. The van der Waals surface area contributed by atoms with Crippen LogP contribution in [0.4, 0.5) is 4.39 Å². The number of benzene rings is 2. The van der Waals surface area contributed by atoms with E-state index in [9.17, 15) is 9.18 Å². The molecule has 0 aromatic heterocycles. The Morgan fingerprint density at radius 2 is 1.86 bits per heavy atom. The van der Waals surface area contributed by atoms with Crippen LogP contribution in [0.1, 0.15) is 34.8 Å². The molecule has 0 radical (unpaired) electrons. The van der Waals surface area contributed by atoms with Crippen molar-refractivity contribution in [3.8, 4) is 0 Å². The summed E-state index contributed by atoms with van der Waals surface area (Å²) >= 11 is 3.25. The maximum atomic E-state index is 13.9. The molecule has 4 heteroatoms. The van der Waals surface area contributed by atoms with Crippen LogP contribution >= 0.6 is 15.9 Å². The van der Waals surface area contributed by atoms with Crippen molar-refractivity contribution in [3.63, 3.8) is 0 Å². The number of carbonyl (C=O) groups is 1. The van der Waals surface area contributed by atoms with Gasteiger partial charge in [0.25, 0.3) is 5.91 Å². The third-order valence-corrected chi connectivity index (χ3v) is 4.39. The number of halogens is 2. The minimum Gasteiger partial charge on any atom is -0.345 e. The van der Waals surface area contributed by atoms with Crippen LogP contribution in [-0.2, 0) is 0 Å². The lowest BCUT2D eigenvalue weighted by Gasteiger charge is -2.19. The van der Waals surface area contributed by atoms with Gasteiger partial charge in [-0.2, -0.15) is 0 Å². The van der Waals surface area contributed by atoms with Crippen LogP contribution < -0.4 is 5.32 Å². The highest BCUT2D eigenvalue weighted by Crippen LogP contribution is 2.41. The van der Waals surface area contributed by atoms with Gasteiger partial charge in [-0.25, -0.2) is 4.39 Å². The molecule has 1 saturated carbocycles. The molecule has 2 nitrogen and oxygen atoms in total. The van der Waals surface area contributed by atoms with E-state index in [-0.39, 0.29) is 17.5 Å². The molecular formula is C17H15BrFNO. The normalized spacial score (nSPS) is 15.5. The maximum Gasteiger partial charge on any atom is 0.255 e. The minimum atomic E-state index is -0.510. The first kappa shape index (κ1) is 14.3. The molecule has 0 heterocycles. The number of amides is 1. The summed E-state index contributed by atoms with van der Waals surface area (Å²) in [7, 11) is 0. The molecule has 1 unspecified atom stereocenters. The summed E-state index contributed by atoms with van der Waals surface area (Å²) < 4.78 is 14.4. The van der Waals surface area contributed by atoms with E-state index in [4.69, 9.17) is 0 Å². The standard InChI is InChI=1S/C17H15BrFNO/c18-13-7-4-8-14(19)15(13)17(21)20-16(12-9-10-12)11-5-2-1-3-6-11/h1-8,12,16H,9-10H2,(H,20,21). The van der Waals surface area contributed by atoms with Crippen molar-refractivity contribution in [2.75, 3.05) is 0 Å². The fourth-order valence-corrected chi connectivity index (χ4v) is 3.01. The van der Waals surface area contributed by atoms with Crippen LogP contribution in [0, 0.1) is 11.7 Å². The molecule has 2 aromatic carbocycles. The van der Waals surface area contributed by atoms with Crippen molar-refractivity contribution in [2.45, 2.75) is 18.9 Å². The zero-order chi connectivity index (χ0) is 14.8. The van der Waals surface area contributed by atoms with Gasteiger partial charge in [0.15, 0.2) is 0 Å². The summed E-state index contributed by atoms with van der Waals surface area (Å²) in [6.07, 6.45) is 2.19. The second-order valence-corrected chi connectivity index (χ2v) is 6.15. The first-order chi connectivity index (χ1) is 10.2. The zero-order valence-electron chi connectivity index (χ0n) is 11.4. The van der Waals surface area contributed by atoms with Crippen LogP contribution in [0.2, 0.25) is 0 Å². The Labute approximate surface area is 131 Å². The second kappa shape index (κ2) is 5.98. The lowest BCUT2D eigenvalue weighted by atomic mass is 10.0. The Morgan fingerprint density at radius 3 is 2.48 bits per heavy atom. The van der Waals surface area contributed by atoms with Gasteiger partial charge < -0.3 is 5.32 Å². The van der Waals surface area contributed by atoms with Crippen LogP contribution in [0.15, 0.2) is 53.0 Å². The van der Waals surface area contributed by atoms with Gasteiger partial charge in [0.2, 0.25) is 0 Å². The van der Waals surface area contributed by atoms with E-state index in [0.717, 1.165) is 18.4 Å². The fraction of sp³-hybridized carbons (Fsp3) is 0.235. The predicted molar refractivity (Wildman–Crippen MR) is 83.5 cm³/mol. The number of nitrogens with one attached hydrogen (secondary N) is 1. The van der Waals surface area contributed by atoms with Gasteiger partial charge in [0.05, 0.1) is 11.6 Å². The second-order valence-electron chi connectivity index (χ2n) is 5.30. The van der Waals surface area contributed by atoms with Gasteiger partial charge in [-0.15, -0.1) is 0 Å². The monoisotopic (exact) mass is 347 g/mol. The number of rotatable bonds is 4. The Balaban J connectivity index is 1.85. The Bertz CT molecular complexity index is 635. The topological polar surface area (TPSA) is 29.1 Å². The molecule has 1 N–H and O–H groups in total. The van der Waals surface area contributed by atoms with Crippen molar-refractivity contribution in [2.24, 2.45) is 5.92 Å². The van der Waals surface area contributed by atoms with Crippen LogP contribution in [0.3, 0.4) is 0 Å². The Morgan fingerprint density at radius 1 is 1.14 bits per heavy atom. The van der Waals surface area contributed by atoms with Gasteiger partial charge in [-0.3, -0.25) is 4.79 Å². The molecule has 0 saturated heterocycles. The lowest BCUT2D eigenvalue weighted by molar-refractivity contribution is 0.0926.